The summed E-state index contributed by atoms with van der Waals surface area (Å²) >= 11 is 4.06. The zero-order valence-corrected chi connectivity index (χ0v) is 11.1. The molecule has 0 spiro atoms. The summed E-state index contributed by atoms with van der Waals surface area (Å²) < 4.78 is 26.4. The van der Waals surface area contributed by atoms with Gasteiger partial charge in [0.15, 0.2) is 10.9 Å². The maximum atomic E-state index is 13.5. The van der Waals surface area contributed by atoms with Gasteiger partial charge >= 0.3 is 0 Å². The lowest BCUT2D eigenvalue weighted by Crippen LogP contribution is -2.14. The third-order valence-electron chi connectivity index (χ3n) is 2.00. The molecule has 0 aliphatic carbocycles. The molecule has 18 heavy (non-hydrogen) atoms. The van der Waals surface area contributed by atoms with Crippen LogP contribution in [0.15, 0.2) is 22.0 Å². The van der Waals surface area contributed by atoms with Crippen LogP contribution in [0.4, 0.5) is 19.6 Å². The number of amides is 1. The van der Waals surface area contributed by atoms with Gasteiger partial charge in [0.25, 0.3) is 5.91 Å². The SMILES string of the molecule is Nc1nc(C(=O)Nc2c(F)cc(F)cc2Br)cs1. The molecule has 0 atom stereocenters. The lowest BCUT2D eigenvalue weighted by molar-refractivity contribution is 0.102. The van der Waals surface area contributed by atoms with Crippen LogP contribution < -0.4 is 11.1 Å². The number of thiazole rings is 1. The highest BCUT2D eigenvalue weighted by Gasteiger charge is 2.15. The lowest BCUT2D eigenvalue weighted by Gasteiger charge is -2.07. The van der Waals surface area contributed by atoms with Gasteiger partial charge in [0.1, 0.15) is 11.5 Å². The minimum atomic E-state index is -0.876. The second-order valence-electron chi connectivity index (χ2n) is 3.27. The molecule has 2 aromatic rings. The first-order valence-electron chi connectivity index (χ1n) is 4.64. The molecule has 1 aromatic heterocycles. The third-order valence-corrected chi connectivity index (χ3v) is 3.30. The van der Waals surface area contributed by atoms with E-state index >= 15 is 0 Å². The van der Waals surface area contributed by atoms with Gasteiger partial charge in [-0.05, 0) is 22.0 Å². The molecule has 94 valence electrons. The van der Waals surface area contributed by atoms with Crippen LogP contribution in [0.2, 0.25) is 0 Å². The Bertz CT molecular complexity index is 594. The molecule has 1 heterocycles. The Kier molecular flexibility index (Phi) is 3.58. The highest BCUT2D eigenvalue weighted by molar-refractivity contribution is 9.10. The maximum absolute atomic E-state index is 13.5. The van der Waals surface area contributed by atoms with Crippen LogP contribution in [0.3, 0.4) is 0 Å². The first-order valence-corrected chi connectivity index (χ1v) is 6.31. The first-order chi connectivity index (χ1) is 8.47. The number of nitrogens with two attached hydrogens (primary N) is 1. The van der Waals surface area contributed by atoms with Gasteiger partial charge in [-0.25, -0.2) is 13.8 Å². The molecule has 3 N–H and O–H groups in total. The average molecular weight is 334 g/mol. The summed E-state index contributed by atoms with van der Waals surface area (Å²) in [5.74, 6) is -2.23. The van der Waals surface area contributed by atoms with E-state index in [4.69, 9.17) is 5.73 Å². The number of halogens is 3. The van der Waals surface area contributed by atoms with Crippen LogP contribution in [0, 0.1) is 11.6 Å². The summed E-state index contributed by atoms with van der Waals surface area (Å²) in [5.41, 5.74) is 5.32. The minimum absolute atomic E-state index is 0.0770. The van der Waals surface area contributed by atoms with Crippen LogP contribution in [0.25, 0.3) is 0 Å². The highest BCUT2D eigenvalue weighted by atomic mass is 79.9. The number of aromatic nitrogens is 1. The number of carbonyl (C=O) groups excluding carboxylic acids is 1. The summed E-state index contributed by atoms with van der Waals surface area (Å²) in [5, 5.41) is 3.98. The van der Waals surface area contributed by atoms with Crippen molar-refractivity contribution in [3.8, 4) is 0 Å². The molecule has 0 saturated heterocycles. The Morgan fingerprint density at radius 2 is 2.17 bits per heavy atom. The monoisotopic (exact) mass is 333 g/mol. The number of nitrogens with one attached hydrogen (secondary N) is 1. The second kappa shape index (κ2) is 4.99. The largest absolute Gasteiger partial charge is 0.375 e. The molecule has 0 aliphatic rings. The van der Waals surface area contributed by atoms with Crippen molar-refractivity contribution < 1.29 is 13.6 Å². The molecule has 0 bridgehead atoms. The Labute approximate surface area is 113 Å². The zero-order valence-electron chi connectivity index (χ0n) is 8.71. The normalized spacial score (nSPS) is 10.4. The Morgan fingerprint density at radius 1 is 1.44 bits per heavy atom. The average Bonchev–Trinajstić information content (AvgIpc) is 2.70. The van der Waals surface area contributed by atoms with E-state index in [1.807, 2.05) is 0 Å². The van der Waals surface area contributed by atoms with Gasteiger partial charge in [0, 0.05) is 15.9 Å². The summed E-state index contributed by atoms with van der Waals surface area (Å²) in [6, 6.07) is 1.73. The number of nitrogen functional groups attached to an aromatic ring is 1. The quantitative estimate of drug-likeness (QED) is 0.887. The molecule has 0 aliphatic heterocycles. The van der Waals surface area contributed by atoms with Crippen molar-refractivity contribution in [1.82, 2.24) is 4.98 Å². The van der Waals surface area contributed by atoms with Crippen LogP contribution in [0.5, 0.6) is 0 Å². The Morgan fingerprint density at radius 3 is 2.72 bits per heavy atom. The number of nitrogens with zero attached hydrogens (tertiary/aromatic N) is 1. The standard InChI is InChI=1S/C10H6BrF2N3OS/c11-5-1-4(12)2-6(13)8(5)16-9(17)7-3-18-10(14)15-7/h1-3H,(H2,14,15)(H,16,17). The van der Waals surface area contributed by atoms with Crippen molar-refractivity contribution in [2.24, 2.45) is 0 Å². The van der Waals surface area contributed by atoms with Crippen molar-refractivity contribution in [3.05, 3.63) is 39.3 Å². The predicted octanol–water partition coefficient (Wildman–Crippen LogP) is 3.02. The van der Waals surface area contributed by atoms with E-state index in [0.29, 0.717) is 6.07 Å². The van der Waals surface area contributed by atoms with Gasteiger partial charge in [-0.1, -0.05) is 0 Å². The van der Waals surface area contributed by atoms with E-state index in [2.05, 4.69) is 26.2 Å². The number of rotatable bonds is 2. The molecule has 2 rings (SSSR count). The number of anilines is 2. The van der Waals surface area contributed by atoms with Crippen molar-refractivity contribution >= 4 is 44.0 Å². The molecule has 0 unspecified atom stereocenters. The molecule has 0 saturated carbocycles. The van der Waals surface area contributed by atoms with Gasteiger partial charge in [0.2, 0.25) is 0 Å². The van der Waals surface area contributed by atoms with E-state index in [1.54, 1.807) is 0 Å². The van der Waals surface area contributed by atoms with Gasteiger partial charge in [-0.2, -0.15) is 0 Å². The molecule has 4 nitrogen and oxygen atoms in total. The van der Waals surface area contributed by atoms with Crippen molar-refractivity contribution in [1.29, 1.82) is 0 Å². The topological polar surface area (TPSA) is 68.0 Å². The molecular weight excluding hydrogens is 328 g/mol. The van der Waals surface area contributed by atoms with E-state index < -0.39 is 17.5 Å². The molecule has 1 amide bonds. The smallest absolute Gasteiger partial charge is 0.275 e. The lowest BCUT2D eigenvalue weighted by atomic mass is 10.3. The summed E-state index contributed by atoms with van der Waals surface area (Å²) in [4.78, 5) is 15.5. The van der Waals surface area contributed by atoms with Gasteiger partial charge < -0.3 is 11.1 Å². The van der Waals surface area contributed by atoms with Gasteiger partial charge in [-0.3, -0.25) is 4.79 Å². The zero-order chi connectivity index (χ0) is 13.3. The molecule has 8 heteroatoms. The summed E-state index contributed by atoms with van der Waals surface area (Å²) in [6.45, 7) is 0. The summed E-state index contributed by atoms with van der Waals surface area (Å²) in [7, 11) is 0. The van der Waals surface area contributed by atoms with E-state index in [9.17, 15) is 13.6 Å². The van der Waals surface area contributed by atoms with Crippen LogP contribution in [-0.4, -0.2) is 10.9 Å². The molecule has 0 radical (unpaired) electrons. The Hall–Kier alpha value is -1.54. The van der Waals surface area contributed by atoms with E-state index in [-0.39, 0.29) is 21.0 Å². The van der Waals surface area contributed by atoms with Gasteiger partial charge in [-0.15, -0.1) is 11.3 Å². The fourth-order valence-corrected chi connectivity index (χ4v) is 2.28. The molecule has 1 aromatic carbocycles. The predicted molar refractivity (Wildman–Crippen MR) is 68.5 cm³/mol. The minimum Gasteiger partial charge on any atom is -0.375 e. The number of hydrogen-bond donors (Lipinski definition) is 2. The van der Waals surface area contributed by atoms with Crippen molar-refractivity contribution in [3.63, 3.8) is 0 Å². The van der Waals surface area contributed by atoms with Crippen LogP contribution in [-0.2, 0) is 0 Å². The molecule has 0 fully saturated rings. The van der Waals surface area contributed by atoms with Crippen LogP contribution >= 0.6 is 27.3 Å². The van der Waals surface area contributed by atoms with E-state index in [1.165, 1.54) is 5.38 Å². The van der Waals surface area contributed by atoms with Crippen molar-refractivity contribution in [2.75, 3.05) is 11.1 Å². The molecular formula is C10H6BrF2N3OS. The van der Waals surface area contributed by atoms with Gasteiger partial charge in [0.05, 0.1) is 5.69 Å². The second-order valence-corrected chi connectivity index (χ2v) is 5.01. The Balaban J connectivity index is 2.27. The van der Waals surface area contributed by atoms with Crippen LogP contribution in [0.1, 0.15) is 10.5 Å². The highest BCUT2D eigenvalue weighted by Crippen LogP contribution is 2.27. The van der Waals surface area contributed by atoms with Crippen molar-refractivity contribution in [2.45, 2.75) is 0 Å². The fraction of sp³-hybridized carbons (Fsp3) is 0. The first kappa shape index (κ1) is 12.9. The number of hydrogen-bond acceptors (Lipinski definition) is 4. The number of carbonyl (C=O) groups is 1. The van der Waals surface area contributed by atoms with E-state index in [0.717, 1.165) is 17.4 Å². The third kappa shape index (κ3) is 2.65. The maximum Gasteiger partial charge on any atom is 0.275 e. The summed E-state index contributed by atoms with van der Waals surface area (Å²) in [6.07, 6.45) is 0. The fourth-order valence-electron chi connectivity index (χ4n) is 1.23. The number of benzene rings is 1.